The molecule has 1 aliphatic rings. The number of halogens is 3. The average molecular weight is 382 g/mol. The van der Waals surface area contributed by atoms with E-state index in [0.29, 0.717) is 17.5 Å². The van der Waals surface area contributed by atoms with Gasteiger partial charge in [0.1, 0.15) is 27.5 Å². The topological polar surface area (TPSA) is 72.9 Å². The molecule has 0 saturated carbocycles. The second-order valence-electron chi connectivity index (χ2n) is 6.38. The van der Waals surface area contributed by atoms with Crippen LogP contribution in [0.3, 0.4) is 0 Å². The lowest BCUT2D eigenvalue weighted by atomic mass is 10.1. The van der Waals surface area contributed by atoms with Gasteiger partial charge in [-0.25, -0.2) is 18.2 Å². The van der Waals surface area contributed by atoms with Crippen molar-refractivity contribution in [1.29, 1.82) is 0 Å². The van der Waals surface area contributed by atoms with Gasteiger partial charge in [0.25, 0.3) is 0 Å². The van der Waals surface area contributed by atoms with E-state index in [9.17, 15) is 13.2 Å². The minimum atomic E-state index is -1.08. The van der Waals surface area contributed by atoms with Crippen LogP contribution in [-0.4, -0.2) is 45.1 Å². The number of aromatic nitrogens is 4. The standard InChI is InChI=1S/C16H17F3N6S/c1-8-22-23-14(26-8)7-25-15-11(19)4-9(17)5-13(15)21-16(25)24-3-2-10(18)12(20)6-24/h4-5,10,12H,2-3,6-7,20H2,1H3/t10-,12-/m1/s1. The summed E-state index contributed by atoms with van der Waals surface area (Å²) in [6, 6.07) is 1.36. The maximum atomic E-state index is 14.5. The molecule has 26 heavy (non-hydrogen) atoms. The summed E-state index contributed by atoms with van der Waals surface area (Å²) >= 11 is 1.39. The Kier molecular flexibility index (Phi) is 4.31. The van der Waals surface area contributed by atoms with Crippen molar-refractivity contribution in [1.82, 2.24) is 19.7 Å². The second kappa shape index (κ2) is 6.51. The molecule has 0 spiro atoms. The van der Waals surface area contributed by atoms with E-state index in [-0.39, 0.29) is 30.5 Å². The van der Waals surface area contributed by atoms with Gasteiger partial charge in [0.15, 0.2) is 5.82 Å². The van der Waals surface area contributed by atoms with Crippen molar-refractivity contribution >= 4 is 28.3 Å². The van der Waals surface area contributed by atoms with Gasteiger partial charge in [0, 0.05) is 25.2 Å². The van der Waals surface area contributed by atoms with Crippen LogP contribution >= 0.6 is 11.3 Å². The van der Waals surface area contributed by atoms with Crippen LogP contribution in [0.2, 0.25) is 0 Å². The van der Waals surface area contributed by atoms with Crippen LogP contribution in [0.5, 0.6) is 0 Å². The summed E-state index contributed by atoms with van der Waals surface area (Å²) in [6.45, 7) is 2.72. The van der Waals surface area contributed by atoms with Gasteiger partial charge >= 0.3 is 0 Å². The molecule has 138 valence electrons. The van der Waals surface area contributed by atoms with E-state index in [1.165, 1.54) is 17.4 Å². The smallest absolute Gasteiger partial charge is 0.207 e. The Morgan fingerprint density at radius 3 is 2.81 bits per heavy atom. The van der Waals surface area contributed by atoms with E-state index >= 15 is 0 Å². The molecule has 3 heterocycles. The zero-order valence-electron chi connectivity index (χ0n) is 14.0. The van der Waals surface area contributed by atoms with Crippen molar-refractivity contribution < 1.29 is 13.2 Å². The van der Waals surface area contributed by atoms with Crippen molar-refractivity contribution in [3.05, 3.63) is 33.8 Å². The first-order valence-electron chi connectivity index (χ1n) is 8.21. The predicted octanol–water partition coefficient (Wildman–Crippen LogP) is 2.40. The molecule has 2 N–H and O–H groups in total. The number of fused-ring (bicyclic) bond motifs is 1. The van der Waals surface area contributed by atoms with Gasteiger partial charge in [-0.2, -0.15) is 0 Å². The number of imidazole rings is 1. The monoisotopic (exact) mass is 382 g/mol. The zero-order chi connectivity index (χ0) is 18.4. The van der Waals surface area contributed by atoms with Crippen molar-refractivity contribution in [2.45, 2.75) is 32.1 Å². The highest BCUT2D eigenvalue weighted by molar-refractivity contribution is 7.11. The largest absolute Gasteiger partial charge is 0.340 e. The molecule has 0 radical (unpaired) electrons. The SMILES string of the molecule is Cc1nnc(Cn2c(N3CC[C@@H](F)[C@H](N)C3)nc3cc(F)cc(F)c32)s1. The molecular formula is C16H17F3N6S. The van der Waals surface area contributed by atoms with Crippen LogP contribution in [-0.2, 0) is 6.54 Å². The van der Waals surface area contributed by atoms with E-state index in [1.807, 2.05) is 11.8 Å². The minimum Gasteiger partial charge on any atom is -0.340 e. The Morgan fingerprint density at radius 2 is 2.12 bits per heavy atom. The Hall–Kier alpha value is -2.20. The molecule has 6 nitrogen and oxygen atoms in total. The quantitative estimate of drug-likeness (QED) is 0.753. The average Bonchev–Trinajstić information content (AvgIpc) is 3.14. The van der Waals surface area contributed by atoms with Gasteiger partial charge < -0.3 is 15.2 Å². The van der Waals surface area contributed by atoms with E-state index in [4.69, 9.17) is 5.73 Å². The van der Waals surface area contributed by atoms with Crippen LogP contribution in [0.4, 0.5) is 19.1 Å². The third kappa shape index (κ3) is 3.03. The molecule has 1 aromatic carbocycles. The summed E-state index contributed by atoms with van der Waals surface area (Å²) in [6.07, 6.45) is -0.817. The number of rotatable bonds is 3. The maximum Gasteiger partial charge on any atom is 0.207 e. The molecule has 0 aliphatic carbocycles. The summed E-state index contributed by atoms with van der Waals surface area (Å²) in [7, 11) is 0. The first-order chi connectivity index (χ1) is 12.4. The zero-order valence-corrected chi connectivity index (χ0v) is 14.8. The van der Waals surface area contributed by atoms with Crippen LogP contribution in [0.1, 0.15) is 16.4 Å². The first kappa shape index (κ1) is 17.2. The Balaban J connectivity index is 1.82. The maximum absolute atomic E-state index is 14.5. The molecule has 10 heteroatoms. The van der Waals surface area contributed by atoms with E-state index < -0.39 is 23.8 Å². The molecule has 2 aromatic heterocycles. The number of aryl methyl sites for hydroxylation is 1. The third-order valence-electron chi connectivity index (χ3n) is 4.45. The lowest BCUT2D eigenvalue weighted by Crippen LogP contribution is -2.50. The number of benzene rings is 1. The van der Waals surface area contributed by atoms with Gasteiger partial charge in [-0.3, -0.25) is 0 Å². The van der Waals surface area contributed by atoms with Crippen molar-refractivity contribution in [2.75, 3.05) is 18.0 Å². The van der Waals surface area contributed by atoms with Crippen molar-refractivity contribution in [2.24, 2.45) is 5.73 Å². The molecule has 1 aliphatic heterocycles. The second-order valence-corrected chi connectivity index (χ2v) is 7.65. The van der Waals surface area contributed by atoms with E-state index in [0.717, 1.165) is 11.1 Å². The lowest BCUT2D eigenvalue weighted by Gasteiger charge is -2.34. The fourth-order valence-electron chi connectivity index (χ4n) is 3.24. The summed E-state index contributed by atoms with van der Waals surface area (Å²) < 4.78 is 43.5. The normalized spacial score (nSPS) is 20.9. The number of nitrogens with two attached hydrogens (primary N) is 1. The molecule has 0 bridgehead atoms. The van der Waals surface area contributed by atoms with E-state index in [1.54, 1.807) is 4.57 Å². The fraction of sp³-hybridized carbons (Fsp3) is 0.438. The molecule has 1 fully saturated rings. The third-order valence-corrected chi connectivity index (χ3v) is 5.28. The van der Waals surface area contributed by atoms with Gasteiger partial charge in [0.2, 0.25) is 5.95 Å². The summed E-state index contributed by atoms with van der Waals surface area (Å²) in [5, 5.41) is 9.52. The summed E-state index contributed by atoms with van der Waals surface area (Å²) in [5.74, 6) is -0.971. The fourth-order valence-corrected chi connectivity index (χ4v) is 3.93. The molecule has 0 unspecified atom stereocenters. The van der Waals surface area contributed by atoms with Gasteiger partial charge in [0.05, 0.1) is 18.1 Å². The molecule has 0 amide bonds. The predicted molar refractivity (Wildman–Crippen MR) is 93.1 cm³/mol. The number of piperidine rings is 1. The first-order valence-corrected chi connectivity index (χ1v) is 9.03. The number of alkyl halides is 1. The highest BCUT2D eigenvalue weighted by atomic mass is 32.1. The summed E-state index contributed by atoms with van der Waals surface area (Å²) in [4.78, 5) is 6.22. The van der Waals surface area contributed by atoms with Crippen LogP contribution in [0.15, 0.2) is 12.1 Å². The minimum absolute atomic E-state index is 0.185. The highest BCUT2D eigenvalue weighted by Crippen LogP contribution is 2.29. The lowest BCUT2D eigenvalue weighted by molar-refractivity contribution is 0.243. The van der Waals surface area contributed by atoms with E-state index in [2.05, 4.69) is 15.2 Å². The number of hydrogen-bond donors (Lipinski definition) is 1. The van der Waals surface area contributed by atoms with Crippen molar-refractivity contribution in [3.8, 4) is 0 Å². The van der Waals surface area contributed by atoms with Crippen LogP contribution in [0, 0.1) is 18.6 Å². The molecule has 2 atom stereocenters. The van der Waals surface area contributed by atoms with Crippen LogP contribution in [0.25, 0.3) is 11.0 Å². The number of anilines is 1. The molecule has 1 saturated heterocycles. The Morgan fingerprint density at radius 1 is 1.31 bits per heavy atom. The summed E-state index contributed by atoms with van der Waals surface area (Å²) in [5.41, 5.74) is 6.24. The Bertz CT molecular complexity index is 955. The van der Waals surface area contributed by atoms with Gasteiger partial charge in [-0.1, -0.05) is 11.3 Å². The highest BCUT2D eigenvalue weighted by Gasteiger charge is 2.30. The van der Waals surface area contributed by atoms with Crippen molar-refractivity contribution in [3.63, 3.8) is 0 Å². The molecule has 4 rings (SSSR count). The van der Waals surface area contributed by atoms with Gasteiger partial charge in [-0.05, 0) is 13.3 Å². The molecular weight excluding hydrogens is 365 g/mol. The number of nitrogens with zero attached hydrogens (tertiary/aromatic N) is 5. The van der Waals surface area contributed by atoms with Gasteiger partial charge in [-0.15, -0.1) is 10.2 Å². The Labute approximate surface area is 151 Å². The number of hydrogen-bond acceptors (Lipinski definition) is 6. The van der Waals surface area contributed by atoms with Crippen LogP contribution < -0.4 is 10.6 Å². The molecule has 3 aromatic rings.